The first kappa shape index (κ1) is 23.1. The number of hydrogen-bond donors (Lipinski definition) is 1. The number of likely N-dealkylation sites (N-methyl/N-ethyl adjacent to an activating group) is 1. The molecule has 1 N–H and O–H groups in total. The van der Waals surface area contributed by atoms with Gasteiger partial charge in [-0.1, -0.05) is 48.0 Å². The molecule has 1 aliphatic rings. The summed E-state index contributed by atoms with van der Waals surface area (Å²) in [5.74, 6) is 0.0994. The number of hydrogen-bond acceptors (Lipinski definition) is 3. The molecule has 0 saturated heterocycles. The lowest BCUT2D eigenvalue weighted by atomic mass is 9.92. The molecule has 2 aromatic rings. The van der Waals surface area contributed by atoms with E-state index in [1.54, 1.807) is 0 Å². The number of carbonyl (C=O) groups excluding carboxylic acids is 1. The van der Waals surface area contributed by atoms with Gasteiger partial charge in [0.15, 0.2) is 0 Å². The minimum atomic E-state index is -0.887. The maximum atomic E-state index is 13.1. The van der Waals surface area contributed by atoms with Crippen molar-refractivity contribution in [3.05, 3.63) is 69.7 Å². The number of fused-ring (bicyclic) bond motifs is 1. The predicted molar refractivity (Wildman–Crippen MR) is 122 cm³/mol. The van der Waals surface area contributed by atoms with E-state index in [1.807, 2.05) is 55.4 Å². The summed E-state index contributed by atoms with van der Waals surface area (Å²) in [4.78, 5) is 29.8. The van der Waals surface area contributed by atoms with Crippen molar-refractivity contribution in [3.8, 4) is 0 Å². The molecule has 1 heterocycles. The quantitative estimate of drug-likeness (QED) is 0.672. The van der Waals surface area contributed by atoms with E-state index in [2.05, 4.69) is 11.0 Å². The van der Waals surface area contributed by atoms with Gasteiger partial charge in [-0.2, -0.15) is 0 Å². The van der Waals surface area contributed by atoms with Gasteiger partial charge in [-0.15, -0.1) is 0 Å². The molecule has 2 aromatic carbocycles. The first-order valence-corrected chi connectivity index (χ1v) is 11.0. The molecule has 0 fully saturated rings. The Balaban J connectivity index is 1.69. The van der Waals surface area contributed by atoms with E-state index in [4.69, 9.17) is 11.6 Å². The van der Waals surface area contributed by atoms with E-state index in [-0.39, 0.29) is 5.91 Å². The van der Waals surface area contributed by atoms with Crippen LogP contribution in [0.2, 0.25) is 5.02 Å². The molecule has 1 aliphatic heterocycles. The second-order valence-electron chi connectivity index (χ2n) is 8.22. The van der Waals surface area contributed by atoms with Crippen LogP contribution in [0.4, 0.5) is 4.79 Å². The summed E-state index contributed by atoms with van der Waals surface area (Å²) in [6.07, 6.45) is 0.866. The second kappa shape index (κ2) is 10.6. The van der Waals surface area contributed by atoms with Gasteiger partial charge in [0, 0.05) is 44.2 Å². The number of nitrogens with zero attached hydrogens (tertiary/aromatic N) is 3. The summed E-state index contributed by atoms with van der Waals surface area (Å²) in [5.41, 5.74) is 4.32. The van der Waals surface area contributed by atoms with Gasteiger partial charge in [-0.25, -0.2) is 4.79 Å². The van der Waals surface area contributed by atoms with Crippen molar-refractivity contribution in [2.45, 2.75) is 32.4 Å². The van der Waals surface area contributed by atoms with Crippen molar-refractivity contribution in [2.24, 2.45) is 0 Å². The van der Waals surface area contributed by atoms with Gasteiger partial charge in [0.05, 0.1) is 0 Å². The van der Waals surface area contributed by atoms with E-state index in [0.717, 1.165) is 23.2 Å². The Kier molecular flexibility index (Phi) is 7.93. The van der Waals surface area contributed by atoms with Crippen molar-refractivity contribution in [1.82, 2.24) is 14.7 Å². The fourth-order valence-electron chi connectivity index (χ4n) is 3.93. The maximum absolute atomic E-state index is 13.1. The van der Waals surface area contributed by atoms with Crippen LogP contribution < -0.4 is 0 Å². The van der Waals surface area contributed by atoms with Gasteiger partial charge in [0.1, 0.15) is 0 Å². The lowest BCUT2D eigenvalue weighted by Crippen LogP contribution is -2.37. The van der Waals surface area contributed by atoms with Gasteiger partial charge in [0.25, 0.3) is 0 Å². The number of carbonyl (C=O) groups is 2. The maximum Gasteiger partial charge on any atom is 0.407 e. The third-order valence-electron chi connectivity index (χ3n) is 5.73. The van der Waals surface area contributed by atoms with E-state index in [1.165, 1.54) is 10.5 Å². The van der Waals surface area contributed by atoms with Crippen LogP contribution in [0, 0.1) is 0 Å². The first-order chi connectivity index (χ1) is 14.8. The zero-order valence-electron chi connectivity index (χ0n) is 18.2. The van der Waals surface area contributed by atoms with Crippen molar-refractivity contribution in [1.29, 1.82) is 0 Å². The number of carboxylic acid groups (broad SMARTS) is 1. The Labute approximate surface area is 189 Å². The molecule has 0 spiro atoms. The number of benzene rings is 2. The Bertz CT molecular complexity index is 932. The van der Waals surface area contributed by atoms with Crippen molar-refractivity contribution in [2.75, 3.05) is 33.7 Å². The second-order valence-corrected chi connectivity index (χ2v) is 8.63. The molecule has 0 aromatic heterocycles. The number of aryl methyl sites for hydroxylation is 1. The van der Waals surface area contributed by atoms with Crippen LogP contribution in [0.25, 0.3) is 0 Å². The summed E-state index contributed by atoms with van der Waals surface area (Å²) in [6, 6.07) is 13.6. The number of amides is 2. The molecule has 3 rings (SSSR count). The summed E-state index contributed by atoms with van der Waals surface area (Å²) < 4.78 is 0. The van der Waals surface area contributed by atoms with E-state index < -0.39 is 6.09 Å². The molecule has 2 amide bonds. The Morgan fingerprint density at radius 3 is 2.52 bits per heavy atom. The van der Waals surface area contributed by atoms with Crippen molar-refractivity contribution >= 4 is 23.6 Å². The van der Waals surface area contributed by atoms with Crippen LogP contribution in [-0.2, 0) is 30.7 Å². The molecular formula is C24H30ClN3O3. The molecule has 6 nitrogen and oxygen atoms in total. The average molecular weight is 444 g/mol. The highest BCUT2D eigenvalue weighted by atomic mass is 35.5. The van der Waals surface area contributed by atoms with Crippen LogP contribution >= 0.6 is 11.6 Å². The fraction of sp³-hybridized carbons (Fsp3) is 0.417. The lowest BCUT2D eigenvalue weighted by Gasteiger charge is -2.28. The zero-order valence-corrected chi connectivity index (χ0v) is 18.9. The monoisotopic (exact) mass is 443 g/mol. The molecule has 0 aliphatic carbocycles. The third kappa shape index (κ3) is 6.21. The van der Waals surface area contributed by atoms with Crippen molar-refractivity contribution in [3.63, 3.8) is 0 Å². The van der Waals surface area contributed by atoms with Gasteiger partial charge >= 0.3 is 6.09 Å². The summed E-state index contributed by atoms with van der Waals surface area (Å²) in [7, 11) is 3.99. The SMILES string of the molecule is CN(C)CCN(Cc1ccccc1Cl)C(=O)CCc1cccc2c1CCN(C(=O)O)C2. The van der Waals surface area contributed by atoms with Gasteiger partial charge in [-0.05, 0) is 55.3 Å². The normalized spacial score (nSPS) is 13.2. The first-order valence-electron chi connectivity index (χ1n) is 10.6. The van der Waals surface area contributed by atoms with Crippen LogP contribution in [0.5, 0.6) is 0 Å². The van der Waals surface area contributed by atoms with Crippen LogP contribution in [0.15, 0.2) is 42.5 Å². The highest BCUT2D eigenvalue weighted by Gasteiger charge is 2.22. The Hall–Kier alpha value is -2.57. The molecule has 0 radical (unpaired) electrons. The van der Waals surface area contributed by atoms with Gasteiger partial charge in [-0.3, -0.25) is 4.79 Å². The predicted octanol–water partition coefficient (Wildman–Crippen LogP) is 3.90. The van der Waals surface area contributed by atoms with E-state index in [0.29, 0.717) is 50.5 Å². The molecular weight excluding hydrogens is 414 g/mol. The number of rotatable bonds is 8. The standard InChI is InChI=1S/C24H30ClN3O3/c1-26(2)14-15-27(17-20-6-3-4-9-22(20)25)23(29)11-10-18-7-5-8-19-16-28(24(30)31)13-12-21(18)19/h3-9H,10-17H2,1-2H3,(H,30,31). The van der Waals surface area contributed by atoms with Crippen LogP contribution in [-0.4, -0.2) is 65.5 Å². The summed E-state index contributed by atoms with van der Waals surface area (Å²) in [6.45, 7) is 2.81. The van der Waals surface area contributed by atoms with Crippen molar-refractivity contribution < 1.29 is 14.7 Å². The summed E-state index contributed by atoms with van der Waals surface area (Å²) >= 11 is 6.33. The highest BCUT2D eigenvalue weighted by molar-refractivity contribution is 6.31. The highest BCUT2D eigenvalue weighted by Crippen LogP contribution is 2.24. The van der Waals surface area contributed by atoms with Gasteiger partial charge in [0.2, 0.25) is 5.91 Å². The van der Waals surface area contributed by atoms with Gasteiger partial charge < -0.3 is 19.8 Å². The molecule has 7 heteroatoms. The zero-order chi connectivity index (χ0) is 22.4. The smallest absolute Gasteiger partial charge is 0.407 e. The summed E-state index contributed by atoms with van der Waals surface area (Å²) in [5, 5.41) is 9.93. The molecule has 0 atom stereocenters. The van der Waals surface area contributed by atoms with Crippen LogP contribution in [0.3, 0.4) is 0 Å². The minimum Gasteiger partial charge on any atom is -0.465 e. The number of halogens is 1. The minimum absolute atomic E-state index is 0.0994. The Morgan fingerprint density at radius 2 is 1.81 bits per heavy atom. The van der Waals surface area contributed by atoms with Crippen LogP contribution in [0.1, 0.15) is 28.7 Å². The molecule has 0 saturated carbocycles. The Morgan fingerprint density at radius 1 is 1.06 bits per heavy atom. The van der Waals surface area contributed by atoms with E-state index >= 15 is 0 Å². The molecule has 166 valence electrons. The van der Waals surface area contributed by atoms with E-state index in [9.17, 15) is 14.7 Å². The molecule has 0 bridgehead atoms. The largest absolute Gasteiger partial charge is 0.465 e. The fourth-order valence-corrected chi connectivity index (χ4v) is 4.13. The third-order valence-corrected chi connectivity index (χ3v) is 6.10. The molecule has 31 heavy (non-hydrogen) atoms. The lowest BCUT2D eigenvalue weighted by molar-refractivity contribution is -0.131. The average Bonchev–Trinajstić information content (AvgIpc) is 2.75. The topological polar surface area (TPSA) is 64.1 Å². The molecule has 0 unspecified atom stereocenters.